The Kier molecular flexibility index (Phi) is 5.26. The van der Waals surface area contributed by atoms with E-state index in [0.717, 1.165) is 6.42 Å². The molecule has 3 rings (SSSR count). The molecule has 8 nitrogen and oxygen atoms in total. The van der Waals surface area contributed by atoms with Crippen LogP contribution in [0.25, 0.3) is 0 Å². The summed E-state index contributed by atoms with van der Waals surface area (Å²) in [7, 11) is -3.49. The molecule has 0 fully saturated rings. The van der Waals surface area contributed by atoms with E-state index in [1.807, 2.05) is 6.92 Å². The molecular formula is C17H22N4O4S. The summed E-state index contributed by atoms with van der Waals surface area (Å²) in [4.78, 5) is 26.4. The first-order chi connectivity index (χ1) is 12.4. The van der Waals surface area contributed by atoms with Crippen LogP contribution in [-0.4, -0.2) is 45.9 Å². The molecule has 0 saturated carbocycles. The Morgan fingerprint density at radius 3 is 2.62 bits per heavy atom. The Morgan fingerprint density at radius 1 is 1.19 bits per heavy atom. The topological polar surface area (TPSA) is 94.3 Å². The highest BCUT2D eigenvalue weighted by molar-refractivity contribution is 7.91. The van der Waals surface area contributed by atoms with E-state index in [9.17, 15) is 18.0 Å². The third-order valence-corrected chi connectivity index (χ3v) is 6.13. The van der Waals surface area contributed by atoms with Crippen molar-refractivity contribution in [3.05, 3.63) is 46.6 Å². The third kappa shape index (κ3) is 3.72. The van der Waals surface area contributed by atoms with Gasteiger partial charge < -0.3 is 4.90 Å². The van der Waals surface area contributed by atoms with Crippen molar-refractivity contribution in [2.45, 2.75) is 44.3 Å². The van der Waals surface area contributed by atoms with Crippen molar-refractivity contribution >= 4 is 15.7 Å². The third-order valence-electron chi connectivity index (χ3n) is 4.40. The monoisotopic (exact) mass is 378 g/mol. The van der Waals surface area contributed by atoms with Gasteiger partial charge in [-0.1, -0.05) is 25.1 Å². The molecule has 2 aromatic rings. The van der Waals surface area contributed by atoms with E-state index < -0.39 is 9.84 Å². The zero-order valence-electron chi connectivity index (χ0n) is 14.7. The van der Waals surface area contributed by atoms with Crippen LogP contribution in [0.1, 0.15) is 25.6 Å². The SMILES string of the molecule is CCCn1nc2n(c1=O)CCN(C(=O)CCS(=O)(=O)c1ccccc1)C2. The van der Waals surface area contributed by atoms with Gasteiger partial charge in [-0.25, -0.2) is 17.9 Å². The number of aryl methyl sites for hydroxylation is 1. The van der Waals surface area contributed by atoms with Crippen molar-refractivity contribution in [1.29, 1.82) is 0 Å². The lowest BCUT2D eigenvalue weighted by Crippen LogP contribution is -2.41. The summed E-state index contributed by atoms with van der Waals surface area (Å²) in [5, 5.41) is 4.28. The number of benzene rings is 1. The van der Waals surface area contributed by atoms with Crippen LogP contribution in [0, 0.1) is 0 Å². The second-order valence-electron chi connectivity index (χ2n) is 6.27. The molecule has 0 N–H and O–H groups in total. The largest absolute Gasteiger partial charge is 0.346 e. The Balaban J connectivity index is 1.65. The molecule has 1 aromatic carbocycles. The molecule has 0 radical (unpaired) electrons. The van der Waals surface area contributed by atoms with Crippen molar-refractivity contribution in [2.75, 3.05) is 12.3 Å². The molecule has 0 atom stereocenters. The molecular weight excluding hydrogens is 356 g/mol. The van der Waals surface area contributed by atoms with Gasteiger partial charge in [-0.15, -0.1) is 0 Å². The summed E-state index contributed by atoms with van der Waals surface area (Å²) >= 11 is 0. The molecule has 1 aromatic heterocycles. The van der Waals surface area contributed by atoms with Crippen LogP contribution in [0.5, 0.6) is 0 Å². The lowest BCUT2D eigenvalue weighted by Gasteiger charge is -2.26. The molecule has 1 amide bonds. The average molecular weight is 378 g/mol. The molecule has 0 spiro atoms. The zero-order valence-corrected chi connectivity index (χ0v) is 15.5. The maximum Gasteiger partial charge on any atom is 0.346 e. The van der Waals surface area contributed by atoms with E-state index in [2.05, 4.69) is 5.10 Å². The number of hydrogen-bond donors (Lipinski definition) is 0. The van der Waals surface area contributed by atoms with Crippen LogP contribution in [-0.2, 0) is 34.3 Å². The van der Waals surface area contributed by atoms with Gasteiger partial charge in [-0.05, 0) is 18.6 Å². The summed E-state index contributed by atoms with van der Waals surface area (Å²) in [6.07, 6.45) is 0.716. The predicted octanol–water partition coefficient (Wildman–Crippen LogP) is 0.661. The summed E-state index contributed by atoms with van der Waals surface area (Å²) < 4.78 is 27.6. The fourth-order valence-electron chi connectivity index (χ4n) is 2.99. The number of amides is 1. The quantitative estimate of drug-likeness (QED) is 0.736. The fraction of sp³-hybridized carbons (Fsp3) is 0.471. The second kappa shape index (κ2) is 7.45. The van der Waals surface area contributed by atoms with E-state index >= 15 is 0 Å². The lowest BCUT2D eigenvalue weighted by atomic mass is 10.3. The van der Waals surface area contributed by atoms with Crippen molar-refractivity contribution in [2.24, 2.45) is 0 Å². The molecule has 0 saturated heterocycles. The minimum Gasteiger partial charge on any atom is -0.333 e. The van der Waals surface area contributed by atoms with Gasteiger partial charge in [0.15, 0.2) is 15.7 Å². The highest BCUT2D eigenvalue weighted by Crippen LogP contribution is 2.14. The van der Waals surface area contributed by atoms with E-state index in [1.54, 1.807) is 27.7 Å². The molecule has 0 aliphatic carbocycles. The summed E-state index contributed by atoms with van der Waals surface area (Å²) in [5.74, 6) is 0.0749. The van der Waals surface area contributed by atoms with Crippen molar-refractivity contribution < 1.29 is 13.2 Å². The van der Waals surface area contributed by atoms with Crippen LogP contribution in [0.2, 0.25) is 0 Å². The molecule has 0 unspecified atom stereocenters. The first-order valence-electron chi connectivity index (χ1n) is 8.64. The number of carbonyl (C=O) groups is 1. The van der Waals surface area contributed by atoms with Crippen LogP contribution in [0.15, 0.2) is 40.0 Å². The van der Waals surface area contributed by atoms with E-state index in [4.69, 9.17) is 0 Å². The Morgan fingerprint density at radius 2 is 1.92 bits per heavy atom. The van der Waals surface area contributed by atoms with Gasteiger partial charge in [0.05, 0.1) is 17.2 Å². The van der Waals surface area contributed by atoms with Gasteiger partial charge in [0, 0.05) is 26.1 Å². The maximum absolute atomic E-state index is 12.4. The Bertz CT molecular complexity index is 947. The number of aromatic nitrogens is 3. The van der Waals surface area contributed by atoms with Gasteiger partial charge in [-0.3, -0.25) is 9.36 Å². The van der Waals surface area contributed by atoms with Crippen molar-refractivity contribution in [1.82, 2.24) is 19.2 Å². The number of carbonyl (C=O) groups excluding carboxylic acids is 1. The number of fused-ring (bicyclic) bond motifs is 1. The molecule has 1 aliphatic rings. The molecule has 1 aliphatic heterocycles. The number of sulfone groups is 1. The van der Waals surface area contributed by atoms with Gasteiger partial charge in [-0.2, -0.15) is 5.10 Å². The van der Waals surface area contributed by atoms with Gasteiger partial charge in [0.2, 0.25) is 5.91 Å². The number of nitrogens with zero attached hydrogens (tertiary/aromatic N) is 4. The standard InChI is InChI=1S/C17H22N4O4S/c1-2-9-21-17(23)20-11-10-19(13-15(20)18-21)16(22)8-12-26(24,25)14-6-4-3-5-7-14/h3-7H,2,8-13H2,1H3. The highest BCUT2D eigenvalue weighted by Gasteiger charge is 2.26. The second-order valence-corrected chi connectivity index (χ2v) is 8.38. The van der Waals surface area contributed by atoms with Gasteiger partial charge >= 0.3 is 5.69 Å². The number of hydrogen-bond acceptors (Lipinski definition) is 5. The number of rotatable bonds is 6. The molecule has 9 heteroatoms. The fourth-order valence-corrected chi connectivity index (χ4v) is 4.24. The molecule has 0 bridgehead atoms. The minimum atomic E-state index is -3.49. The van der Waals surface area contributed by atoms with Crippen LogP contribution < -0.4 is 5.69 Å². The first-order valence-corrected chi connectivity index (χ1v) is 10.3. The summed E-state index contributed by atoms with van der Waals surface area (Å²) in [6.45, 7) is 3.51. The summed E-state index contributed by atoms with van der Waals surface area (Å²) in [5.41, 5.74) is -0.152. The summed E-state index contributed by atoms with van der Waals surface area (Å²) in [6, 6.07) is 8.12. The van der Waals surface area contributed by atoms with Crippen LogP contribution in [0.3, 0.4) is 0 Å². The molecule has 2 heterocycles. The predicted molar refractivity (Wildman–Crippen MR) is 95.3 cm³/mol. The van der Waals surface area contributed by atoms with Crippen molar-refractivity contribution in [3.8, 4) is 0 Å². The van der Waals surface area contributed by atoms with E-state index in [0.29, 0.717) is 25.5 Å². The first kappa shape index (κ1) is 18.4. The van der Waals surface area contributed by atoms with E-state index in [-0.39, 0.29) is 35.2 Å². The van der Waals surface area contributed by atoms with Crippen LogP contribution >= 0.6 is 0 Å². The van der Waals surface area contributed by atoms with Crippen molar-refractivity contribution in [3.63, 3.8) is 0 Å². The maximum atomic E-state index is 12.4. The minimum absolute atomic E-state index is 0.0862. The highest BCUT2D eigenvalue weighted by atomic mass is 32.2. The van der Waals surface area contributed by atoms with Crippen LogP contribution in [0.4, 0.5) is 0 Å². The molecule has 26 heavy (non-hydrogen) atoms. The molecule has 140 valence electrons. The zero-order chi connectivity index (χ0) is 18.7. The van der Waals surface area contributed by atoms with E-state index in [1.165, 1.54) is 16.8 Å². The van der Waals surface area contributed by atoms with Gasteiger partial charge in [0.25, 0.3) is 0 Å². The smallest absolute Gasteiger partial charge is 0.333 e. The van der Waals surface area contributed by atoms with Gasteiger partial charge in [0.1, 0.15) is 0 Å². The lowest BCUT2D eigenvalue weighted by molar-refractivity contribution is -0.132. The Hall–Kier alpha value is -2.42. The normalized spacial score (nSPS) is 14.3. The average Bonchev–Trinajstić information content (AvgIpc) is 2.96. The Labute approximate surface area is 152 Å².